The Labute approximate surface area is 167 Å². The highest BCUT2D eigenvalue weighted by molar-refractivity contribution is 5.77. The minimum Gasteiger partial charge on any atom is -0.508 e. The molecule has 2 aromatic rings. The van der Waals surface area contributed by atoms with Gasteiger partial charge in [-0.3, -0.25) is 9.59 Å². The lowest BCUT2D eigenvalue weighted by Crippen LogP contribution is -2.12. The van der Waals surface area contributed by atoms with Crippen LogP contribution in [-0.2, 0) is 14.3 Å². The van der Waals surface area contributed by atoms with Crippen LogP contribution in [0.25, 0.3) is 0 Å². The van der Waals surface area contributed by atoms with Gasteiger partial charge in [0.1, 0.15) is 11.5 Å². The van der Waals surface area contributed by atoms with Gasteiger partial charge in [0.2, 0.25) is 0 Å². The van der Waals surface area contributed by atoms with Crippen molar-refractivity contribution >= 4 is 11.9 Å². The first-order chi connectivity index (χ1) is 12.3. The normalized spacial score (nSPS) is 11.4. The van der Waals surface area contributed by atoms with E-state index in [4.69, 9.17) is 20.1 Å². The van der Waals surface area contributed by atoms with E-state index in [0.29, 0.717) is 12.2 Å². The van der Waals surface area contributed by atoms with Gasteiger partial charge in [-0.2, -0.15) is 0 Å². The molecule has 28 heavy (non-hydrogen) atoms. The number of aliphatic carboxylic acids is 1. The summed E-state index contributed by atoms with van der Waals surface area (Å²) in [6, 6.07) is 12.7. The zero-order valence-corrected chi connectivity index (χ0v) is 15.0. The van der Waals surface area contributed by atoms with Crippen LogP contribution in [0, 0.1) is 0 Å². The predicted molar refractivity (Wildman–Crippen MR) is 111 cm³/mol. The molecule has 0 saturated heterocycles. The molecule has 156 valence electrons. The summed E-state index contributed by atoms with van der Waals surface area (Å²) in [5.41, 5.74) is 1.54. The van der Waals surface area contributed by atoms with Crippen LogP contribution >= 0.6 is 0 Å². The maximum atomic E-state index is 11.3. The number of hydrogen-bond donors (Lipinski definition) is 3. The number of phenolic OH excluding ortho intramolecular Hbond substituents is 2. The topological polar surface area (TPSA) is 104 Å². The van der Waals surface area contributed by atoms with Gasteiger partial charge < -0.3 is 20.1 Å². The number of ether oxygens (including phenoxy) is 1. The third-order valence-electron chi connectivity index (χ3n) is 3.80. The van der Waals surface area contributed by atoms with Crippen LogP contribution in [0.15, 0.2) is 48.5 Å². The second kappa shape index (κ2) is 13.2. The Morgan fingerprint density at radius 3 is 1.50 bits per heavy atom. The number of esters is 1. The highest BCUT2D eigenvalue weighted by Gasteiger charge is 2.15. The summed E-state index contributed by atoms with van der Waals surface area (Å²) in [7, 11) is 0. The largest absolute Gasteiger partial charge is 0.508 e. The van der Waals surface area contributed by atoms with Crippen molar-refractivity contribution in [3.8, 4) is 11.5 Å². The highest BCUT2D eigenvalue weighted by Crippen LogP contribution is 2.19. The molecule has 0 spiro atoms. The number of carboxylic acid groups (broad SMARTS) is 1. The zero-order chi connectivity index (χ0) is 19.7. The van der Waals surface area contributed by atoms with Crippen LogP contribution in [0.1, 0.15) is 58.6 Å². The average Bonchev–Trinajstić information content (AvgIpc) is 2.62. The molecule has 0 aliphatic rings. The molecular formula is C22H32O6. The van der Waals surface area contributed by atoms with Crippen molar-refractivity contribution < 1.29 is 29.6 Å². The maximum Gasteiger partial charge on any atom is 0.313 e. The quantitative estimate of drug-likeness (QED) is 0.625. The van der Waals surface area contributed by atoms with E-state index in [9.17, 15) is 9.59 Å². The lowest BCUT2D eigenvalue weighted by atomic mass is 10.0. The van der Waals surface area contributed by atoms with E-state index >= 15 is 0 Å². The fourth-order valence-electron chi connectivity index (χ4n) is 2.07. The van der Waals surface area contributed by atoms with Crippen molar-refractivity contribution in [2.75, 3.05) is 6.61 Å². The van der Waals surface area contributed by atoms with Crippen LogP contribution in [0.5, 0.6) is 11.5 Å². The summed E-state index contributed by atoms with van der Waals surface area (Å²) in [5, 5.41) is 26.6. The van der Waals surface area contributed by atoms with Crippen LogP contribution in [0.2, 0.25) is 0 Å². The molecule has 0 aliphatic heterocycles. The molecule has 3 N–H and O–H groups in total. The molecular weight excluding hydrogens is 360 g/mol. The van der Waals surface area contributed by atoms with Crippen LogP contribution in [0.4, 0.5) is 0 Å². The Hall–Kier alpha value is -3.02. The van der Waals surface area contributed by atoms with Gasteiger partial charge >= 0.3 is 11.9 Å². The van der Waals surface area contributed by atoms with Gasteiger partial charge in [-0.25, -0.2) is 0 Å². The summed E-state index contributed by atoms with van der Waals surface area (Å²) in [6.45, 7) is 5.56. The molecule has 2 atom stereocenters. The van der Waals surface area contributed by atoms with Crippen molar-refractivity contribution in [2.24, 2.45) is 0 Å². The van der Waals surface area contributed by atoms with E-state index in [1.54, 1.807) is 57.2 Å². The fraction of sp³-hybridized carbons (Fsp3) is 0.364. The van der Waals surface area contributed by atoms with Crippen molar-refractivity contribution in [3.05, 3.63) is 59.7 Å². The van der Waals surface area contributed by atoms with E-state index in [0.717, 1.165) is 5.56 Å². The van der Waals surface area contributed by atoms with Crippen molar-refractivity contribution in [3.63, 3.8) is 0 Å². The molecule has 0 bridgehead atoms. The third kappa shape index (κ3) is 8.58. The van der Waals surface area contributed by atoms with Crippen LogP contribution in [-0.4, -0.2) is 33.9 Å². The van der Waals surface area contributed by atoms with Crippen LogP contribution in [0.3, 0.4) is 0 Å². The molecule has 0 aliphatic carbocycles. The molecule has 0 heterocycles. The van der Waals surface area contributed by atoms with E-state index in [-0.39, 0.29) is 38.2 Å². The molecule has 0 aromatic heterocycles. The molecule has 0 saturated carbocycles. The van der Waals surface area contributed by atoms with E-state index in [1.807, 2.05) is 0 Å². The van der Waals surface area contributed by atoms with Gasteiger partial charge in [0.05, 0.1) is 18.4 Å². The van der Waals surface area contributed by atoms with E-state index < -0.39 is 11.9 Å². The van der Waals surface area contributed by atoms with Crippen molar-refractivity contribution in [2.45, 2.75) is 47.5 Å². The molecule has 2 unspecified atom stereocenters. The van der Waals surface area contributed by atoms with E-state index in [2.05, 4.69) is 0 Å². The summed E-state index contributed by atoms with van der Waals surface area (Å²) >= 11 is 0. The van der Waals surface area contributed by atoms with Gasteiger partial charge in [-0.05, 0) is 56.2 Å². The highest BCUT2D eigenvalue weighted by atomic mass is 16.5. The first-order valence-electron chi connectivity index (χ1n) is 8.23. The molecule has 0 radical (unpaired) electrons. The zero-order valence-electron chi connectivity index (χ0n) is 15.0. The lowest BCUT2D eigenvalue weighted by molar-refractivity contribution is -0.144. The molecule has 6 nitrogen and oxygen atoms in total. The molecule has 0 amide bonds. The Bertz CT molecular complexity index is 707. The Morgan fingerprint density at radius 1 is 0.821 bits per heavy atom. The first kappa shape index (κ1) is 27.2. The standard InChI is InChI=1S/C11H14O3.C9H10O3.2CH4/c1-3-14-11(13)8(2)9-4-6-10(12)7-5-9;1-6(9(11)12)7-2-4-8(10)5-3-7;;/h4-8,12H,3H2,1-2H3;2-6,10H,1H3,(H,11,12);2*1H4. The molecule has 0 fully saturated rings. The Kier molecular flexibility index (Phi) is 12.8. The Morgan fingerprint density at radius 2 is 1.18 bits per heavy atom. The number of rotatable bonds is 5. The number of carbonyl (C=O) groups is 2. The van der Waals surface area contributed by atoms with E-state index in [1.165, 1.54) is 12.1 Å². The number of benzene rings is 2. The summed E-state index contributed by atoms with van der Waals surface area (Å²) in [6.07, 6.45) is 0. The average molecular weight is 392 g/mol. The molecule has 6 heteroatoms. The van der Waals surface area contributed by atoms with Gasteiger partial charge in [0.15, 0.2) is 0 Å². The Balaban J connectivity index is 0. The first-order valence-corrected chi connectivity index (χ1v) is 8.23. The monoisotopic (exact) mass is 392 g/mol. The van der Waals surface area contributed by atoms with Crippen LogP contribution < -0.4 is 0 Å². The molecule has 2 rings (SSSR count). The number of phenols is 2. The van der Waals surface area contributed by atoms with Gasteiger partial charge in [0, 0.05) is 0 Å². The number of aromatic hydroxyl groups is 2. The number of carboxylic acids is 1. The minimum absolute atomic E-state index is 0. The number of hydrogen-bond acceptors (Lipinski definition) is 5. The second-order valence-electron chi connectivity index (χ2n) is 5.72. The summed E-state index contributed by atoms with van der Waals surface area (Å²) in [4.78, 5) is 21.9. The lowest BCUT2D eigenvalue weighted by Gasteiger charge is -2.10. The van der Waals surface area contributed by atoms with Gasteiger partial charge in [-0.15, -0.1) is 0 Å². The SMILES string of the molecule is C.C.CC(C(=O)O)c1ccc(O)cc1.CCOC(=O)C(C)c1ccc(O)cc1. The smallest absolute Gasteiger partial charge is 0.313 e. The second-order valence-corrected chi connectivity index (χ2v) is 5.72. The van der Waals surface area contributed by atoms with Crippen molar-refractivity contribution in [1.82, 2.24) is 0 Å². The maximum absolute atomic E-state index is 11.3. The number of carbonyl (C=O) groups excluding carboxylic acids is 1. The van der Waals surface area contributed by atoms with Crippen molar-refractivity contribution in [1.29, 1.82) is 0 Å². The summed E-state index contributed by atoms with van der Waals surface area (Å²) in [5.74, 6) is -1.55. The summed E-state index contributed by atoms with van der Waals surface area (Å²) < 4.78 is 4.89. The molecule has 2 aromatic carbocycles. The van der Waals surface area contributed by atoms with Gasteiger partial charge in [-0.1, -0.05) is 39.1 Å². The van der Waals surface area contributed by atoms with Gasteiger partial charge in [0.25, 0.3) is 0 Å². The fourth-order valence-corrected chi connectivity index (χ4v) is 2.07. The predicted octanol–water partition coefficient (Wildman–Crippen LogP) is 4.91. The minimum atomic E-state index is -0.860. The third-order valence-corrected chi connectivity index (χ3v) is 3.80.